The van der Waals surface area contributed by atoms with E-state index in [0.29, 0.717) is 19.7 Å². The van der Waals surface area contributed by atoms with E-state index in [9.17, 15) is 4.79 Å². The molecule has 1 fully saturated rings. The summed E-state index contributed by atoms with van der Waals surface area (Å²) in [6.07, 6.45) is 3.50. The molecule has 0 saturated carbocycles. The zero-order chi connectivity index (χ0) is 18.3. The fourth-order valence-electron chi connectivity index (χ4n) is 3.32. The van der Waals surface area contributed by atoms with Gasteiger partial charge in [-0.3, -0.25) is 9.58 Å². The number of amides is 1. The number of cyclic esters (lactones) is 1. The fraction of sp³-hybridized carbons (Fsp3) is 0.250. The van der Waals surface area contributed by atoms with Crippen LogP contribution in [-0.2, 0) is 11.3 Å². The lowest BCUT2D eigenvalue weighted by Gasteiger charge is -2.14. The first-order chi connectivity index (χ1) is 12.6. The van der Waals surface area contributed by atoms with E-state index in [1.54, 1.807) is 4.90 Å². The lowest BCUT2D eigenvalue weighted by molar-refractivity contribution is 0.181. The van der Waals surface area contributed by atoms with Crippen molar-refractivity contribution in [2.75, 3.05) is 18.1 Å². The van der Waals surface area contributed by atoms with Crippen LogP contribution in [0.3, 0.4) is 0 Å². The second-order valence-corrected chi connectivity index (χ2v) is 6.43. The van der Waals surface area contributed by atoms with E-state index in [1.165, 1.54) is 0 Å². The molecule has 0 bridgehead atoms. The molecule has 1 aliphatic rings. The molecular weight excluding hydrogens is 328 g/mol. The minimum absolute atomic E-state index is 0.307. The minimum atomic E-state index is -0.307. The van der Waals surface area contributed by atoms with Crippen LogP contribution >= 0.6 is 0 Å². The molecule has 0 radical (unpaired) electrons. The number of rotatable bonds is 4. The van der Waals surface area contributed by atoms with Gasteiger partial charge in [0.2, 0.25) is 0 Å². The molecule has 0 aliphatic carbocycles. The minimum Gasteiger partial charge on any atom is -0.447 e. The van der Waals surface area contributed by atoms with E-state index in [1.807, 2.05) is 42.1 Å². The van der Waals surface area contributed by atoms with E-state index >= 15 is 0 Å². The van der Waals surface area contributed by atoms with Crippen molar-refractivity contribution in [3.05, 3.63) is 54.4 Å². The molecule has 132 valence electrons. The van der Waals surface area contributed by atoms with Crippen LogP contribution in [0, 0.1) is 13.8 Å². The van der Waals surface area contributed by atoms with Crippen molar-refractivity contribution in [2.24, 2.45) is 0 Å². The van der Waals surface area contributed by atoms with Crippen LogP contribution in [-0.4, -0.2) is 34.0 Å². The number of aromatic nitrogens is 3. The van der Waals surface area contributed by atoms with E-state index in [-0.39, 0.29) is 6.09 Å². The van der Waals surface area contributed by atoms with Crippen LogP contribution in [0.5, 0.6) is 0 Å². The molecule has 4 rings (SSSR count). The summed E-state index contributed by atoms with van der Waals surface area (Å²) in [6.45, 7) is 9.46. The molecule has 0 N–H and O–H groups in total. The highest BCUT2D eigenvalue weighted by molar-refractivity contribution is 5.94. The lowest BCUT2D eigenvalue weighted by Crippen LogP contribution is -2.23. The summed E-state index contributed by atoms with van der Waals surface area (Å²) in [5.74, 6) is 0. The van der Waals surface area contributed by atoms with Crippen molar-refractivity contribution in [3.63, 3.8) is 0 Å². The van der Waals surface area contributed by atoms with Crippen molar-refractivity contribution in [1.82, 2.24) is 14.8 Å². The average molecular weight is 348 g/mol. The highest BCUT2D eigenvalue weighted by atomic mass is 16.6. The third-order valence-corrected chi connectivity index (χ3v) is 4.61. The number of fused-ring (bicyclic) bond motifs is 1. The number of pyridine rings is 1. The van der Waals surface area contributed by atoms with Gasteiger partial charge in [-0.1, -0.05) is 12.1 Å². The highest BCUT2D eigenvalue weighted by Gasteiger charge is 2.24. The van der Waals surface area contributed by atoms with Crippen molar-refractivity contribution in [1.29, 1.82) is 0 Å². The zero-order valence-corrected chi connectivity index (χ0v) is 14.9. The van der Waals surface area contributed by atoms with E-state index in [0.717, 1.165) is 39.1 Å². The summed E-state index contributed by atoms with van der Waals surface area (Å²) in [5, 5.41) is 5.58. The van der Waals surface area contributed by atoms with Gasteiger partial charge >= 0.3 is 6.09 Å². The number of anilines is 1. The quantitative estimate of drug-likeness (QED) is 0.672. The summed E-state index contributed by atoms with van der Waals surface area (Å²) in [4.78, 5) is 18.3. The molecule has 26 heavy (non-hydrogen) atoms. The molecule has 6 nitrogen and oxygen atoms in total. The predicted octanol–water partition coefficient (Wildman–Crippen LogP) is 3.86. The Kier molecular flexibility index (Phi) is 3.95. The van der Waals surface area contributed by atoms with Gasteiger partial charge in [0.25, 0.3) is 0 Å². The van der Waals surface area contributed by atoms with Crippen LogP contribution in [0.15, 0.2) is 43.1 Å². The molecule has 6 heteroatoms. The number of hydrogen-bond acceptors (Lipinski definition) is 4. The smallest absolute Gasteiger partial charge is 0.414 e. The lowest BCUT2D eigenvalue weighted by atomic mass is 10.1. The van der Waals surface area contributed by atoms with Crippen molar-refractivity contribution in [3.8, 4) is 11.3 Å². The van der Waals surface area contributed by atoms with Crippen molar-refractivity contribution in [2.45, 2.75) is 20.4 Å². The SMILES string of the molecule is C=CCn1cc(-c2cc(C)c3ccc(N4CCOC4=O)cc3n2)c(C)n1. The summed E-state index contributed by atoms with van der Waals surface area (Å²) >= 11 is 0. The van der Waals surface area contributed by atoms with Gasteiger partial charge in [0.15, 0.2) is 0 Å². The Balaban J connectivity index is 1.81. The zero-order valence-electron chi connectivity index (χ0n) is 14.9. The standard InChI is InChI=1S/C20H20N4O2/c1-4-7-23-12-17(14(3)22-23)18-10-13(2)16-6-5-15(11-19(16)21-18)24-8-9-26-20(24)25/h4-6,10-12H,1,7-9H2,2-3H3. The normalized spacial score (nSPS) is 14.1. The molecule has 1 aromatic carbocycles. The summed E-state index contributed by atoms with van der Waals surface area (Å²) in [6, 6.07) is 7.98. The second-order valence-electron chi connectivity index (χ2n) is 6.43. The summed E-state index contributed by atoms with van der Waals surface area (Å²) < 4.78 is 6.89. The Hall–Kier alpha value is -3.15. The fourth-order valence-corrected chi connectivity index (χ4v) is 3.32. The number of aryl methyl sites for hydroxylation is 2. The molecule has 0 spiro atoms. The van der Waals surface area contributed by atoms with Crippen LogP contribution in [0.4, 0.5) is 10.5 Å². The maximum atomic E-state index is 11.8. The molecule has 3 heterocycles. The molecule has 3 aromatic rings. The Morgan fingerprint density at radius 2 is 2.15 bits per heavy atom. The number of benzene rings is 1. The topological polar surface area (TPSA) is 60.2 Å². The third kappa shape index (κ3) is 2.73. The van der Waals surface area contributed by atoms with Gasteiger partial charge < -0.3 is 4.74 Å². The maximum Gasteiger partial charge on any atom is 0.414 e. The van der Waals surface area contributed by atoms with Crippen LogP contribution < -0.4 is 4.90 Å². The largest absolute Gasteiger partial charge is 0.447 e. The van der Waals surface area contributed by atoms with Crippen LogP contribution in [0.2, 0.25) is 0 Å². The van der Waals surface area contributed by atoms with E-state index in [4.69, 9.17) is 9.72 Å². The Bertz CT molecular complexity index is 1020. The Morgan fingerprint density at radius 3 is 2.88 bits per heavy atom. The molecule has 0 atom stereocenters. The summed E-state index contributed by atoms with van der Waals surface area (Å²) in [7, 11) is 0. The summed E-state index contributed by atoms with van der Waals surface area (Å²) in [5.41, 5.74) is 5.61. The van der Waals surface area contributed by atoms with Gasteiger partial charge in [-0.15, -0.1) is 6.58 Å². The number of ether oxygens (including phenoxy) is 1. The molecular formula is C20H20N4O2. The van der Waals surface area contributed by atoms with Gasteiger partial charge in [-0.25, -0.2) is 9.78 Å². The van der Waals surface area contributed by atoms with Crippen molar-refractivity contribution >= 4 is 22.7 Å². The van der Waals surface area contributed by atoms with Crippen LogP contribution in [0.25, 0.3) is 22.2 Å². The number of carbonyl (C=O) groups excluding carboxylic acids is 1. The molecule has 1 saturated heterocycles. The first-order valence-electron chi connectivity index (χ1n) is 8.58. The second kappa shape index (κ2) is 6.29. The number of allylic oxidation sites excluding steroid dienone is 1. The number of carbonyl (C=O) groups is 1. The molecule has 0 unspecified atom stereocenters. The van der Waals surface area contributed by atoms with Gasteiger partial charge in [-0.2, -0.15) is 5.10 Å². The molecule has 2 aromatic heterocycles. The van der Waals surface area contributed by atoms with Gasteiger partial charge in [-0.05, 0) is 37.6 Å². The van der Waals surface area contributed by atoms with E-state index in [2.05, 4.69) is 24.7 Å². The first-order valence-corrected chi connectivity index (χ1v) is 8.58. The molecule has 1 aliphatic heterocycles. The monoisotopic (exact) mass is 348 g/mol. The molecule has 1 amide bonds. The first kappa shape index (κ1) is 16.3. The van der Waals surface area contributed by atoms with Crippen molar-refractivity contribution < 1.29 is 9.53 Å². The average Bonchev–Trinajstić information content (AvgIpc) is 3.20. The number of hydrogen-bond donors (Lipinski definition) is 0. The third-order valence-electron chi connectivity index (χ3n) is 4.61. The van der Waals surface area contributed by atoms with Gasteiger partial charge in [0, 0.05) is 22.8 Å². The maximum absolute atomic E-state index is 11.8. The van der Waals surface area contributed by atoms with Crippen LogP contribution in [0.1, 0.15) is 11.3 Å². The highest BCUT2D eigenvalue weighted by Crippen LogP contribution is 2.29. The van der Waals surface area contributed by atoms with Gasteiger partial charge in [0.1, 0.15) is 6.61 Å². The predicted molar refractivity (Wildman–Crippen MR) is 101 cm³/mol. The van der Waals surface area contributed by atoms with Gasteiger partial charge in [0.05, 0.1) is 30.0 Å². The van der Waals surface area contributed by atoms with E-state index < -0.39 is 0 Å². The number of nitrogens with zero attached hydrogens (tertiary/aromatic N) is 4. The Morgan fingerprint density at radius 1 is 1.31 bits per heavy atom. The Labute approximate surface area is 151 Å².